The van der Waals surface area contributed by atoms with Gasteiger partial charge in [-0.25, -0.2) is 4.98 Å². The molecule has 0 N–H and O–H groups in total. The summed E-state index contributed by atoms with van der Waals surface area (Å²) in [6.07, 6.45) is 4.70. The lowest BCUT2D eigenvalue weighted by molar-refractivity contribution is -0.138. The predicted octanol–water partition coefficient (Wildman–Crippen LogP) is 8.38. The van der Waals surface area contributed by atoms with E-state index in [1.165, 1.54) is 0 Å². The van der Waals surface area contributed by atoms with E-state index in [2.05, 4.69) is 15.1 Å². The van der Waals surface area contributed by atoms with E-state index in [4.69, 9.17) is 21.3 Å². The van der Waals surface area contributed by atoms with E-state index in [0.29, 0.717) is 5.02 Å². The number of pyridine rings is 2. The molecule has 0 spiro atoms. The van der Waals surface area contributed by atoms with Gasteiger partial charge >= 0.3 is 0 Å². The summed E-state index contributed by atoms with van der Waals surface area (Å²) >= 11 is 7.85. The van der Waals surface area contributed by atoms with E-state index >= 15 is 0 Å². The van der Waals surface area contributed by atoms with Crippen molar-refractivity contribution in [2.45, 2.75) is 46.3 Å². The standard InChI is InChI=1S/C33H30ClN5O2S/c1-18-13-26-31(29(20-7-9-23(34)10-8-20)28(18)30(19(2)40)41-33(3,4)5)42-32(38-26)21-11-12-35-24(14-21)25-15-22-16-37-39(6)27(22)17-36-25/h7-17,30H,1-6H3/t30-/m1/s1. The van der Waals surface area contributed by atoms with Gasteiger partial charge in [-0.2, -0.15) is 5.10 Å². The Morgan fingerprint density at radius 3 is 2.45 bits per heavy atom. The SMILES string of the molecule is CC(=O)[C@@H](OC(C)(C)C)c1c(C)cc2nc(-c3ccnc(-c4cc5cnn(C)c5cn4)c3)sc2c1-c1ccc(Cl)cc1. The summed E-state index contributed by atoms with van der Waals surface area (Å²) in [5, 5.41) is 6.82. The zero-order valence-electron chi connectivity index (χ0n) is 24.3. The minimum atomic E-state index is -0.730. The van der Waals surface area contributed by atoms with Crippen LogP contribution >= 0.6 is 22.9 Å². The maximum atomic E-state index is 13.1. The molecule has 2 aromatic carbocycles. The van der Waals surface area contributed by atoms with Crippen molar-refractivity contribution in [3.8, 4) is 33.1 Å². The number of thiazole rings is 1. The molecule has 0 saturated heterocycles. The molecule has 42 heavy (non-hydrogen) atoms. The molecule has 0 fully saturated rings. The van der Waals surface area contributed by atoms with Crippen LogP contribution in [0.25, 0.3) is 54.2 Å². The fourth-order valence-electron chi connectivity index (χ4n) is 5.17. The molecule has 6 rings (SSSR count). The van der Waals surface area contributed by atoms with Crippen LogP contribution in [-0.2, 0) is 16.6 Å². The molecule has 1 atom stereocenters. The van der Waals surface area contributed by atoms with Crippen LogP contribution in [0.3, 0.4) is 0 Å². The number of nitrogens with zero attached hydrogens (tertiary/aromatic N) is 5. The second-order valence-corrected chi connectivity index (χ2v) is 12.8. The summed E-state index contributed by atoms with van der Waals surface area (Å²) in [5.74, 6) is -0.0517. The second kappa shape index (κ2) is 10.7. The predicted molar refractivity (Wildman–Crippen MR) is 170 cm³/mol. The van der Waals surface area contributed by atoms with Gasteiger partial charge in [0.2, 0.25) is 0 Å². The molecule has 0 radical (unpaired) electrons. The van der Waals surface area contributed by atoms with E-state index in [0.717, 1.165) is 65.3 Å². The zero-order valence-corrected chi connectivity index (χ0v) is 25.8. The van der Waals surface area contributed by atoms with Gasteiger partial charge in [0, 0.05) is 40.3 Å². The average molecular weight is 596 g/mol. The highest BCUT2D eigenvalue weighted by Gasteiger charge is 2.30. The molecule has 9 heteroatoms. The molecule has 0 unspecified atom stereocenters. The fraction of sp³-hybridized carbons (Fsp3) is 0.242. The van der Waals surface area contributed by atoms with Gasteiger partial charge in [-0.05, 0) is 82.1 Å². The van der Waals surface area contributed by atoms with Gasteiger partial charge in [-0.3, -0.25) is 19.4 Å². The van der Waals surface area contributed by atoms with Crippen LogP contribution in [-0.4, -0.2) is 36.1 Å². The van der Waals surface area contributed by atoms with Gasteiger partial charge in [-0.15, -0.1) is 11.3 Å². The highest BCUT2D eigenvalue weighted by Crippen LogP contribution is 2.44. The summed E-state index contributed by atoms with van der Waals surface area (Å²) in [6.45, 7) is 9.49. The summed E-state index contributed by atoms with van der Waals surface area (Å²) in [4.78, 5) is 27.4. The monoisotopic (exact) mass is 595 g/mol. The summed E-state index contributed by atoms with van der Waals surface area (Å²) in [6, 6.07) is 15.7. The Morgan fingerprint density at radius 1 is 1.00 bits per heavy atom. The molecular weight excluding hydrogens is 566 g/mol. The lowest BCUT2D eigenvalue weighted by Crippen LogP contribution is -2.27. The van der Waals surface area contributed by atoms with Crippen LogP contribution in [0.4, 0.5) is 0 Å². The number of rotatable bonds is 6. The third-order valence-electron chi connectivity index (χ3n) is 7.07. The van der Waals surface area contributed by atoms with Crippen LogP contribution < -0.4 is 0 Å². The van der Waals surface area contributed by atoms with Crippen LogP contribution in [0.1, 0.15) is 44.9 Å². The smallest absolute Gasteiger partial charge is 0.163 e. The minimum absolute atomic E-state index is 0.0517. The van der Waals surface area contributed by atoms with Gasteiger partial charge in [-0.1, -0.05) is 23.7 Å². The normalized spacial score (nSPS) is 12.7. The van der Waals surface area contributed by atoms with Gasteiger partial charge in [0.25, 0.3) is 0 Å². The summed E-state index contributed by atoms with van der Waals surface area (Å²) in [5.41, 5.74) is 7.43. The molecule has 212 valence electrons. The van der Waals surface area contributed by atoms with Crippen LogP contribution in [0.15, 0.2) is 67.1 Å². The largest absolute Gasteiger partial charge is 0.360 e. The number of ketones is 1. The highest BCUT2D eigenvalue weighted by molar-refractivity contribution is 7.22. The molecule has 0 aliphatic carbocycles. The molecule has 0 amide bonds. The van der Waals surface area contributed by atoms with Crippen molar-refractivity contribution in [3.05, 3.63) is 83.3 Å². The first-order chi connectivity index (χ1) is 20.0. The topological polar surface area (TPSA) is 82.8 Å². The highest BCUT2D eigenvalue weighted by atomic mass is 35.5. The maximum absolute atomic E-state index is 13.1. The van der Waals surface area contributed by atoms with Gasteiger partial charge in [0.15, 0.2) is 5.78 Å². The molecule has 7 nitrogen and oxygen atoms in total. The summed E-state index contributed by atoms with van der Waals surface area (Å²) in [7, 11) is 1.90. The van der Waals surface area contributed by atoms with Crippen molar-refractivity contribution in [2.24, 2.45) is 7.05 Å². The Hall–Kier alpha value is -3.98. The molecule has 4 aromatic heterocycles. The maximum Gasteiger partial charge on any atom is 0.163 e. The van der Waals surface area contributed by atoms with Gasteiger partial charge < -0.3 is 4.74 Å². The van der Waals surface area contributed by atoms with E-state index in [1.807, 2.05) is 95.7 Å². The third kappa shape index (κ3) is 5.33. The first-order valence-electron chi connectivity index (χ1n) is 13.6. The molecule has 0 bridgehead atoms. The number of carbonyl (C=O) groups excluding carboxylic acids is 1. The Labute approximate surface area is 253 Å². The number of benzene rings is 2. The van der Waals surface area contributed by atoms with Crippen molar-refractivity contribution in [3.63, 3.8) is 0 Å². The fourth-order valence-corrected chi connectivity index (χ4v) is 6.41. The van der Waals surface area contributed by atoms with Crippen molar-refractivity contribution >= 4 is 49.8 Å². The number of Topliss-reactive ketones (excluding diaryl/α,β-unsaturated/α-hetero) is 1. The molecule has 0 saturated carbocycles. The number of aromatic nitrogens is 5. The van der Waals surface area contributed by atoms with E-state index in [9.17, 15) is 4.79 Å². The Morgan fingerprint density at radius 2 is 1.74 bits per heavy atom. The van der Waals surface area contributed by atoms with Crippen molar-refractivity contribution in [1.29, 1.82) is 0 Å². The van der Waals surface area contributed by atoms with Gasteiger partial charge in [0.1, 0.15) is 11.1 Å². The number of hydrogen-bond acceptors (Lipinski definition) is 7. The second-order valence-electron chi connectivity index (χ2n) is 11.4. The number of halogens is 1. The number of carbonyl (C=O) groups is 1. The molecule has 0 aliphatic rings. The Balaban J connectivity index is 1.53. The van der Waals surface area contributed by atoms with E-state index < -0.39 is 11.7 Å². The lowest BCUT2D eigenvalue weighted by Gasteiger charge is -2.29. The molecule has 0 aliphatic heterocycles. The zero-order chi connectivity index (χ0) is 29.8. The number of fused-ring (bicyclic) bond motifs is 2. The Kier molecular flexibility index (Phi) is 7.17. The van der Waals surface area contributed by atoms with E-state index in [-0.39, 0.29) is 5.78 Å². The van der Waals surface area contributed by atoms with Crippen LogP contribution in [0.2, 0.25) is 5.02 Å². The van der Waals surface area contributed by atoms with Crippen molar-refractivity contribution in [1.82, 2.24) is 24.7 Å². The number of aryl methyl sites for hydroxylation is 2. The molecule has 6 aromatic rings. The Bertz CT molecular complexity index is 1970. The number of ether oxygens (including phenoxy) is 1. The van der Waals surface area contributed by atoms with Crippen LogP contribution in [0.5, 0.6) is 0 Å². The minimum Gasteiger partial charge on any atom is -0.360 e. The summed E-state index contributed by atoms with van der Waals surface area (Å²) < 4.78 is 9.15. The first-order valence-corrected chi connectivity index (χ1v) is 14.8. The van der Waals surface area contributed by atoms with E-state index in [1.54, 1.807) is 29.1 Å². The van der Waals surface area contributed by atoms with Gasteiger partial charge in [0.05, 0.1) is 45.1 Å². The average Bonchev–Trinajstić information content (AvgIpc) is 3.54. The third-order valence-corrected chi connectivity index (χ3v) is 8.46. The lowest BCUT2D eigenvalue weighted by atomic mass is 9.90. The van der Waals surface area contributed by atoms with Crippen LogP contribution in [0, 0.1) is 6.92 Å². The van der Waals surface area contributed by atoms with Crippen molar-refractivity contribution < 1.29 is 9.53 Å². The number of hydrogen-bond donors (Lipinski definition) is 0. The first kappa shape index (κ1) is 28.2. The molecular formula is C33H30ClN5O2S. The quantitative estimate of drug-likeness (QED) is 0.192. The van der Waals surface area contributed by atoms with Crippen molar-refractivity contribution in [2.75, 3.05) is 0 Å². The molecule has 4 heterocycles.